The summed E-state index contributed by atoms with van der Waals surface area (Å²) in [4.78, 5) is 27.9. The van der Waals surface area contributed by atoms with Crippen LogP contribution in [0.3, 0.4) is 0 Å². The third-order valence-corrected chi connectivity index (χ3v) is 5.98. The monoisotopic (exact) mass is 373 g/mol. The normalized spacial score (nSPS) is 22.6. The number of hydrogen-bond acceptors (Lipinski definition) is 2. The molecule has 1 saturated carbocycles. The zero-order valence-corrected chi connectivity index (χ0v) is 15.1. The minimum Gasteiger partial charge on any atom is -0.274 e. The van der Waals surface area contributed by atoms with Crippen molar-refractivity contribution in [3.8, 4) is 0 Å². The summed E-state index contributed by atoms with van der Waals surface area (Å²) in [6, 6.07) is 26.7. The van der Waals surface area contributed by atoms with Crippen molar-refractivity contribution in [2.45, 2.75) is 5.41 Å². The number of carbonyl (C=O) groups is 2. The number of rotatable bonds is 3. The van der Waals surface area contributed by atoms with Gasteiger partial charge in [0.05, 0.1) is 17.5 Å². The van der Waals surface area contributed by atoms with Gasteiger partial charge in [0.1, 0.15) is 0 Å². The predicted octanol–water partition coefficient (Wildman–Crippen LogP) is 4.45. The topological polar surface area (TPSA) is 37.4 Å². The second-order valence-corrected chi connectivity index (χ2v) is 7.48. The molecule has 1 aliphatic heterocycles. The molecule has 2 fully saturated rings. The molecule has 2 atom stereocenters. The highest BCUT2D eigenvalue weighted by Gasteiger charge is 2.78. The first-order valence-corrected chi connectivity index (χ1v) is 9.28. The van der Waals surface area contributed by atoms with Crippen LogP contribution in [0.25, 0.3) is 0 Å². The summed E-state index contributed by atoms with van der Waals surface area (Å²) in [5.41, 5.74) is 1.99. The Hall–Kier alpha value is -2.91. The fourth-order valence-corrected chi connectivity index (χ4v) is 4.82. The molecule has 0 bridgehead atoms. The lowest BCUT2D eigenvalue weighted by Crippen LogP contribution is -2.39. The first-order chi connectivity index (χ1) is 13.2. The van der Waals surface area contributed by atoms with Crippen molar-refractivity contribution in [2.75, 3.05) is 4.90 Å². The first kappa shape index (κ1) is 16.3. The molecule has 1 saturated heterocycles. The average molecular weight is 374 g/mol. The molecule has 27 heavy (non-hydrogen) atoms. The molecule has 1 aliphatic carbocycles. The number of hydrogen-bond donors (Lipinski definition) is 0. The maximum atomic E-state index is 13.3. The SMILES string of the molecule is O=C1C2C(C(=O)N1c1cccc(Cl)c1)C2(c1ccccc1)c1ccccc1. The summed E-state index contributed by atoms with van der Waals surface area (Å²) < 4.78 is 0. The molecular weight excluding hydrogens is 358 g/mol. The fraction of sp³-hybridized carbons (Fsp3) is 0.130. The molecular formula is C23H16ClNO2. The van der Waals surface area contributed by atoms with E-state index in [2.05, 4.69) is 0 Å². The number of carbonyl (C=O) groups excluding carboxylic acids is 2. The van der Waals surface area contributed by atoms with E-state index in [1.165, 1.54) is 4.90 Å². The van der Waals surface area contributed by atoms with Crippen molar-refractivity contribution >= 4 is 29.1 Å². The van der Waals surface area contributed by atoms with Gasteiger partial charge in [-0.2, -0.15) is 0 Å². The van der Waals surface area contributed by atoms with E-state index < -0.39 is 5.41 Å². The lowest BCUT2D eigenvalue weighted by molar-refractivity contribution is -0.124. The van der Waals surface area contributed by atoms with Crippen LogP contribution in [0, 0.1) is 11.8 Å². The van der Waals surface area contributed by atoms with Crippen LogP contribution in [0.15, 0.2) is 84.9 Å². The molecule has 4 heteroatoms. The number of amides is 2. The summed E-state index contributed by atoms with van der Waals surface area (Å²) in [6.07, 6.45) is 0. The van der Waals surface area contributed by atoms with Crippen LogP contribution in [-0.4, -0.2) is 11.8 Å². The van der Waals surface area contributed by atoms with Crippen molar-refractivity contribution in [1.29, 1.82) is 0 Å². The molecule has 3 aromatic rings. The maximum Gasteiger partial charge on any atom is 0.239 e. The van der Waals surface area contributed by atoms with Gasteiger partial charge in [-0.05, 0) is 29.3 Å². The number of benzene rings is 3. The number of anilines is 1. The molecule has 0 spiro atoms. The van der Waals surface area contributed by atoms with Crippen LogP contribution in [0.2, 0.25) is 5.02 Å². The van der Waals surface area contributed by atoms with E-state index in [1.54, 1.807) is 24.3 Å². The molecule has 5 rings (SSSR count). The van der Waals surface area contributed by atoms with Crippen molar-refractivity contribution in [3.63, 3.8) is 0 Å². The van der Waals surface area contributed by atoms with E-state index in [4.69, 9.17) is 11.6 Å². The average Bonchev–Trinajstić information content (AvgIpc) is 3.33. The Balaban J connectivity index is 1.63. The van der Waals surface area contributed by atoms with Gasteiger partial charge >= 0.3 is 0 Å². The number of piperidine rings is 1. The highest BCUT2D eigenvalue weighted by Crippen LogP contribution is 2.68. The van der Waals surface area contributed by atoms with Gasteiger partial charge in [-0.25, -0.2) is 4.90 Å². The number of halogens is 1. The molecule has 132 valence electrons. The van der Waals surface area contributed by atoms with Crippen LogP contribution in [0.1, 0.15) is 11.1 Å². The van der Waals surface area contributed by atoms with Crippen LogP contribution < -0.4 is 4.90 Å². The molecule has 0 N–H and O–H groups in total. The van der Waals surface area contributed by atoms with E-state index in [-0.39, 0.29) is 23.7 Å². The standard InChI is InChI=1S/C23H16ClNO2/c24-17-12-7-13-18(14-17)25-21(26)19-20(22(25)27)23(19,15-8-3-1-4-9-15)16-10-5-2-6-11-16/h1-14,19-20H. The minimum atomic E-state index is -0.578. The Morgan fingerprint density at radius 2 is 1.22 bits per heavy atom. The van der Waals surface area contributed by atoms with Crippen molar-refractivity contribution in [1.82, 2.24) is 0 Å². The Kier molecular flexibility index (Phi) is 3.49. The van der Waals surface area contributed by atoms with Gasteiger partial charge in [0.2, 0.25) is 11.8 Å². The van der Waals surface area contributed by atoms with Gasteiger partial charge < -0.3 is 0 Å². The van der Waals surface area contributed by atoms with Gasteiger partial charge in [-0.3, -0.25) is 9.59 Å². The third-order valence-electron chi connectivity index (χ3n) is 5.75. The van der Waals surface area contributed by atoms with Gasteiger partial charge in [-0.15, -0.1) is 0 Å². The van der Waals surface area contributed by atoms with Crippen molar-refractivity contribution in [2.24, 2.45) is 11.8 Å². The predicted molar refractivity (Wildman–Crippen MR) is 105 cm³/mol. The third kappa shape index (κ3) is 2.15. The fourth-order valence-electron chi connectivity index (χ4n) is 4.63. The van der Waals surface area contributed by atoms with Crippen molar-refractivity contribution < 1.29 is 9.59 Å². The van der Waals surface area contributed by atoms with Crippen molar-refractivity contribution in [3.05, 3.63) is 101 Å². The highest BCUT2D eigenvalue weighted by atomic mass is 35.5. The summed E-state index contributed by atoms with van der Waals surface area (Å²) >= 11 is 6.06. The molecule has 3 aromatic carbocycles. The summed E-state index contributed by atoms with van der Waals surface area (Å²) in [6.45, 7) is 0. The van der Waals surface area contributed by atoms with E-state index in [9.17, 15) is 9.59 Å². The zero-order chi connectivity index (χ0) is 18.6. The largest absolute Gasteiger partial charge is 0.274 e. The lowest BCUT2D eigenvalue weighted by Gasteiger charge is -2.26. The number of fused-ring (bicyclic) bond motifs is 1. The van der Waals surface area contributed by atoms with Crippen LogP contribution in [-0.2, 0) is 15.0 Å². The Bertz CT molecular complexity index is 985. The van der Waals surface area contributed by atoms with Gasteiger partial charge in [0.15, 0.2) is 0 Å². The molecule has 2 amide bonds. The molecule has 3 nitrogen and oxygen atoms in total. The number of nitrogens with zero attached hydrogens (tertiary/aromatic N) is 1. The van der Waals surface area contributed by atoms with E-state index >= 15 is 0 Å². The van der Waals surface area contributed by atoms with E-state index in [0.717, 1.165) is 11.1 Å². The Morgan fingerprint density at radius 1 is 0.704 bits per heavy atom. The zero-order valence-electron chi connectivity index (χ0n) is 14.4. The molecule has 2 aliphatic rings. The Labute approximate surface area is 162 Å². The first-order valence-electron chi connectivity index (χ1n) is 8.90. The minimum absolute atomic E-state index is 0.153. The van der Waals surface area contributed by atoms with Crippen LogP contribution >= 0.6 is 11.6 Å². The molecule has 1 heterocycles. The molecule has 2 unspecified atom stereocenters. The molecule has 0 radical (unpaired) electrons. The highest BCUT2D eigenvalue weighted by molar-refractivity contribution is 6.32. The summed E-state index contributed by atoms with van der Waals surface area (Å²) in [7, 11) is 0. The number of imide groups is 1. The van der Waals surface area contributed by atoms with Gasteiger partial charge in [0, 0.05) is 10.4 Å². The smallest absolute Gasteiger partial charge is 0.239 e. The second kappa shape index (κ2) is 5.80. The maximum absolute atomic E-state index is 13.3. The van der Waals surface area contributed by atoms with E-state index in [1.807, 2.05) is 60.7 Å². The summed E-state index contributed by atoms with van der Waals surface area (Å²) in [5.74, 6) is -1.07. The van der Waals surface area contributed by atoms with E-state index in [0.29, 0.717) is 10.7 Å². The van der Waals surface area contributed by atoms with Gasteiger partial charge in [-0.1, -0.05) is 78.3 Å². The second-order valence-electron chi connectivity index (χ2n) is 7.05. The van der Waals surface area contributed by atoms with Crippen LogP contribution in [0.4, 0.5) is 5.69 Å². The Morgan fingerprint density at radius 3 is 1.70 bits per heavy atom. The van der Waals surface area contributed by atoms with Gasteiger partial charge in [0.25, 0.3) is 0 Å². The lowest BCUT2D eigenvalue weighted by atomic mass is 9.83. The quantitative estimate of drug-likeness (QED) is 0.636. The van der Waals surface area contributed by atoms with Crippen LogP contribution in [0.5, 0.6) is 0 Å². The summed E-state index contributed by atoms with van der Waals surface area (Å²) in [5, 5.41) is 0.506. The molecule has 0 aromatic heterocycles.